The Hall–Kier alpha value is -1.15. The fourth-order valence-electron chi connectivity index (χ4n) is 1.33. The zero-order valence-corrected chi connectivity index (χ0v) is 12.5. The molecule has 0 radical (unpaired) electrons. The molecule has 0 aliphatic rings. The van der Waals surface area contributed by atoms with Crippen LogP contribution >= 0.6 is 34.8 Å². The van der Waals surface area contributed by atoms with Gasteiger partial charge in [-0.05, 0) is 29.8 Å². The van der Waals surface area contributed by atoms with Gasteiger partial charge < -0.3 is 0 Å². The Kier molecular flexibility index (Phi) is 4.33. The smallest absolute Gasteiger partial charge is 0.263 e. The van der Waals surface area contributed by atoms with Gasteiger partial charge in [0.25, 0.3) is 10.0 Å². The van der Waals surface area contributed by atoms with Crippen LogP contribution in [0, 0.1) is 5.82 Å². The van der Waals surface area contributed by atoms with Gasteiger partial charge in [-0.1, -0.05) is 23.2 Å². The van der Waals surface area contributed by atoms with E-state index in [4.69, 9.17) is 34.8 Å². The van der Waals surface area contributed by atoms with Crippen molar-refractivity contribution in [1.29, 1.82) is 0 Å². The van der Waals surface area contributed by atoms with Crippen molar-refractivity contribution in [2.24, 2.45) is 0 Å². The molecule has 0 saturated carbocycles. The van der Waals surface area contributed by atoms with Crippen LogP contribution in [0.2, 0.25) is 15.5 Å². The first-order valence-corrected chi connectivity index (χ1v) is 7.57. The van der Waals surface area contributed by atoms with E-state index in [-0.39, 0.29) is 21.3 Å². The van der Waals surface area contributed by atoms with E-state index >= 15 is 0 Å². The minimum Gasteiger partial charge on any atom is -0.263 e. The Morgan fingerprint density at radius 3 is 2.40 bits per heavy atom. The summed E-state index contributed by atoms with van der Waals surface area (Å²) < 4.78 is 39.7. The van der Waals surface area contributed by atoms with Crippen LogP contribution < -0.4 is 4.72 Å². The Morgan fingerprint density at radius 2 is 1.80 bits per heavy atom. The van der Waals surface area contributed by atoms with Crippen molar-refractivity contribution in [2.75, 3.05) is 4.72 Å². The van der Waals surface area contributed by atoms with Crippen molar-refractivity contribution in [3.8, 4) is 0 Å². The molecule has 1 N–H and O–H groups in total. The lowest BCUT2D eigenvalue weighted by atomic mass is 10.3. The van der Waals surface area contributed by atoms with Gasteiger partial charge in [-0.2, -0.15) is 4.98 Å². The summed E-state index contributed by atoms with van der Waals surface area (Å²) in [6, 6.07) is 4.30. The normalized spacial score (nSPS) is 11.4. The highest BCUT2D eigenvalue weighted by Crippen LogP contribution is 2.22. The van der Waals surface area contributed by atoms with Gasteiger partial charge in [0.05, 0.1) is 0 Å². The third-order valence-corrected chi connectivity index (χ3v) is 4.08. The zero-order valence-electron chi connectivity index (χ0n) is 9.44. The average molecular weight is 357 g/mol. The average Bonchev–Trinajstić information content (AvgIpc) is 2.25. The summed E-state index contributed by atoms with van der Waals surface area (Å²) in [5.41, 5.74) is 0. The topological polar surface area (TPSA) is 72.0 Å². The molecule has 5 nitrogen and oxygen atoms in total. The number of nitrogens with zero attached hydrogens (tertiary/aromatic N) is 2. The number of aromatic nitrogens is 2. The lowest BCUT2D eigenvalue weighted by molar-refractivity contribution is 0.570. The SMILES string of the molecule is O=S(=O)(Nc1cc(Cl)nc(Cl)n1)c1ccc(Cl)cc1F. The number of anilines is 1. The van der Waals surface area contributed by atoms with Crippen LogP contribution in [0.1, 0.15) is 0 Å². The predicted molar refractivity (Wildman–Crippen MR) is 74.3 cm³/mol. The first-order valence-electron chi connectivity index (χ1n) is 4.96. The summed E-state index contributed by atoms with van der Waals surface area (Å²) in [6.07, 6.45) is 0. The molecule has 0 bridgehead atoms. The summed E-state index contributed by atoms with van der Waals surface area (Å²) in [6.45, 7) is 0. The molecule has 1 aromatic carbocycles. The van der Waals surface area contributed by atoms with E-state index < -0.39 is 20.7 Å². The number of sulfonamides is 1. The largest absolute Gasteiger partial charge is 0.265 e. The quantitative estimate of drug-likeness (QED) is 0.676. The number of hydrogen-bond acceptors (Lipinski definition) is 4. The first kappa shape index (κ1) is 15.2. The van der Waals surface area contributed by atoms with E-state index in [9.17, 15) is 12.8 Å². The highest BCUT2D eigenvalue weighted by molar-refractivity contribution is 7.92. The fraction of sp³-hybridized carbons (Fsp3) is 0. The first-order chi connectivity index (χ1) is 9.28. The maximum absolute atomic E-state index is 13.6. The summed E-state index contributed by atoms with van der Waals surface area (Å²) >= 11 is 16.7. The monoisotopic (exact) mass is 355 g/mol. The lowest BCUT2D eigenvalue weighted by Crippen LogP contribution is -2.15. The van der Waals surface area contributed by atoms with Gasteiger partial charge in [0, 0.05) is 11.1 Å². The number of hydrogen-bond donors (Lipinski definition) is 1. The molecule has 2 rings (SSSR count). The molecule has 0 unspecified atom stereocenters. The van der Waals surface area contributed by atoms with Crippen LogP contribution in [0.15, 0.2) is 29.2 Å². The van der Waals surface area contributed by atoms with E-state index in [0.29, 0.717) is 0 Å². The van der Waals surface area contributed by atoms with Crippen molar-refractivity contribution in [2.45, 2.75) is 4.90 Å². The van der Waals surface area contributed by atoms with Crippen LogP contribution in [0.4, 0.5) is 10.2 Å². The van der Waals surface area contributed by atoms with E-state index in [1.54, 1.807) is 0 Å². The molecule has 0 fully saturated rings. The second-order valence-corrected chi connectivity index (χ2v) is 6.34. The summed E-state index contributed by atoms with van der Waals surface area (Å²) in [7, 11) is -4.19. The highest BCUT2D eigenvalue weighted by atomic mass is 35.5. The molecule has 1 aromatic heterocycles. The molecule has 0 spiro atoms. The van der Waals surface area contributed by atoms with Crippen LogP contribution in [-0.2, 0) is 10.0 Å². The molecule has 0 aliphatic heterocycles. The standard InChI is InChI=1S/C10H5Cl3FN3O2S/c11-5-1-2-7(6(14)3-5)20(18,19)17-9-4-8(12)15-10(13)16-9/h1-4H,(H,15,16,17). The van der Waals surface area contributed by atoms with Crippen LogP contribution in [0.25, 0.3) is 0 Å². The Morgan fingerprint density at radius 1 is 1.10 bits per heavy atom. The van der Waals surface area contributed by atoms with E-state index in [1.807, 2.05) is 4.72 Å². The van der Waals surface area contributed by atoms with Crippen LogP contribution in [0.3, 0.4) is 0 Å². The molecule has 0 saturated heterocycles. The van der Waals surface area contributed by atoms with Gasteiger partial charge >= 0.3 is 0 Å². The molecule has 10 heteroatoms. The highest BCUT2D eigenvalue weighted by Gasteiger charge is 2.20. The molecular weight excluding hydrogens is 352 g/mol. The summed E-state index contributed by atoms with van der Waals surface area (Å²) in [5.74, 6) is -1.17. The molecular formula is C10H5Cl3FN3O2S. The molecule has 106 valence electrons. The van der Waals surface area contributed by atoms with Crippen molar-refractivity contribution in [1.82, 2.24) is 9.97 Å². The summed E-state index contributed by atoms with van der Waals surface area (Å²) in [5, 5.41) is -0.222. The fourth-order valence-corrected chi connectivity index (χ4v) is 2.95. The number of benzene rings is 1. The third-order valence-electron chi connectivity index (χ3n) is 2.09. The number of rotatable bonds is 3. The Balaban J connectivity index is 2.40. The molecule has 20 heavy (non-hydrogen) atoms. The van der Waals surface area contributed by atoms with Gasteiger partial charge in [-0.3, -0.25) is 4.72 Å². The maximum Gasteiger partial charge on any atom is 0.265 e. The zero-order chi connectivity index (χ0) is 14.9. The van der Waals surface area contributed by atoms with Gasteiger partial charge in [-0.15, -0.1) is 0 Å². The summed E-state index contributed by atoms with van der Waals surface area (Å²) in [4.78, 5) is 6.61. The maximum atomic E-state index is 13.6. The van der Waals surface area contributed by atoms with Crippen molar-refractivity contribution in [3.63, 3.8) is 0 Å². The van der Waals surface area contributed by atoms with Crippen LogP contribution in [0.5, 0.6) is 0 Å². The van der Waals surface area contributed by atoms with Crippen molar-refractivity contribution < 1.29 is 12.8 Å². The van der Waals surface area contributed by atoms with Crippen LogP contribution in [-0.4, -0.2) is 18.4 Å². The van der Waals surface area contributed by atoms with Crippen molar-refractivity contribution >= 4 is 50.6 Å². The van der Waals surface area contributed by atoms with Gasteiger partial charge in [0.1, 0.15) is 21.7 Å². The third kappa shape index (κ3) is 3.49. The number of nitrogens with one attached hydrogen (secondary N) is 1. The Bertz CT molecular complexity index is 750. The minimum absolute atomic E-state index is 0.0562. The van der Waals surface area contributed by atoms with Gasteiger partial charge in [-0.25, -0.2) is 17.8 Å². The molecule has 2 aromatic rings. The second kappa shape index (κ2) is 5.69. The van der Waals surface area contributed by atoms with Crippen molar-refractivity contribution in [3.05, 3.63) is 45.5 Å². The van der Waals surface area contributed by atoms with Gasteiger partial charge in [0.15, 0.2) is 0 Å². The van der Waals surface area contributed by atoms with E-state index in [1.165, 1.54) is 6.07 Å². The molecule has 1 heterocycles. The van der Waals surface area contributed by atoms with E-state index in [2.05, 4.69) is 9.97 Å². The molecule has 0 aliphatic carbocycles. The second-order valence-electron chi connectivity index (χ2n) is 3.53. The minimum atomic E-state index is -4.19. The lowest BCUT2D eigenvalue weighted by Gasteiger charge is -2.08. The van der Waals surface area contributed by atoms with E-state index in [0.717, 1.165) is 18.2 Å². The predicted octanol–water partition coefficient (Wildman–Crippen LogP) is 3.38. The molecule has 0 amide bonds. The number of halogens is 4. The molecule has 0 atom stereocenters. The Labute approximate surface area is 128 Å². The van der Waals surface area contributed by atoms with Gasteiger partial charge in [0.2, 0.25) is 5.28 Å².